The normalized spacial score (nSPS) is 16.9. The van der Waals surface area contributed by atoms with Crippen LogP contribution in [0.3, 0.4) is 0 Å². The van der Waals surface area contributed by atoms with Gasteiger partial charge in [-0.15, -0.1) is 31.4 Å². The smallest absolute Gasteiger partial charge is 0.135 e. The minimum Gasteiger partial charge on any atom is -0.314 e. The summed E-state index contributed by atoms with van der Waals surface area (Å²) in [5.74, 6) is 0. The predicted octanol–water partition coefficient (Wildman–Crippen LogP) is 3.36. The van der Waals surface area contributed by atoms with Crippen molar-refractivity contribution in [1.82, 2.24) is 15.2 Å². The van der Waals surface area contributed by atoms with E-state index in [-0.39, 0.29) is 30.9 Å². The molecule has 1 aromatic rings. The Hall–Kier alpha value is -0.0300. The van der Waals surface area contributed by atoms with Gasteiger partial charge in [0.25, 0.3) is 0 Å². The minimum atomic E-state index is 0. The molecule has 0 aliphatic carbocycles. The molecule has 3 nitrogen and oxygen atoms in total. The zero-order chi connectivity index (χ0) is 12.3. The summed E-state index contributed by atoms with van der Waals surface area (Å²) >= 11 is 11.9. The molecule has 7 heteroatoms. The number of hydrogen-bond acceptors (Lipinski definition) is 3. The Balaban J connectivity index is 0.00000162. The molecule has 0 saturated carbocycles. The van der Waals surface area contributed by atoms with Gasteiger partial charge in [-0.1, -0.05) is 35.3 Å². The van der Waals surface area contributed by atoms with Crippen molar-refractivity contribution in [2.75, 3.05) is 26.2 Å². The summed E-state index contributed by atoms with van der Waals surface area (Å²) in [6.07, 6.45) is 1.90. The van der Waals surface area contributed by atoms with Gasteiger partial charge in [0.2, 0.25) is 0 Å². The van der Waals surface area contributed by atoms with E-state index in [4.69, 9.17) is 23.2 Å². The van der Waals surface area contributed by atoms with E-state index in [2.05, 4.69) is 21.8 Å². The van der Waals surface area contributed by atoms with E-state index in [9.17, 15) is 0 Å². The number of pyridine rings is 1. The van der Waals surface area contributed by atoms with Gasteiger partial charge >= 0.3 is 0 Å². The van der Waals surface area contributed by atoms with Crippen molar-refractivity contribution in [2.24, 2.45) is 0 Å². The van der Waals surface area contributed by atoms with Gasteiger partial charge in [-0.25, -0.2) is 4.98 Å². The zero-order valence-electron chi connectivity index (χ0n) is 10.3. The summed E-state index contributed by atoms with van der Waals surface area (Å²) in [4.78, 5) is 6.41. The lowest BCUT2D eigenvalue weighted by Crippen LogP contribution is -2.44. The molecule has 0 unspecified atom stereocenters. The molecular weight excluding hydrogens is 328 g/mol. The van der Waals surface area contributed by atoms with Crippen LogP contribution in [0.4, 0.5) is 0 Å². The van der Waals surface area contributed by atoms with Crippen LogP contribution in [0.15, 0.2) is 24.8 Å². The third-order valence-corrected chi connectivity index (χ3v) is 3.44. The van der Waals surface area contributed by atoms with Crippen LogP contribution in [0.5, 0.6) is 0 Å². The van der Waals surface area contributed by atoms with Gasteiger partial charge in [0.15, 0.2) is 0 Å². The maximum absolute atomic E-state index is 6.14. The highest BCUT2D eigenvalue weighted by Gasteiger charge is 2.21. The van der Waals surface area contributed by atoms with Crippen molar-refractivity contribution >= 4 is 48.0 Å². The highest BCUT2D eigenvalue weighted by molar-refractivity contribution is 6.32. The number of nitrogens with zero attached hydrogens (tertiary/aromatic N) is 2. The molecule has 0 spiro atoms. The average molecular weight is 345 g/mol. The molecule has 1 saturated heterocycles. The Morgan fingerprint density at radius 1 is 1.26 bits per heavy atom. The first-order chi connectivity index (χ1) is 8.22. The lowest BCUT2D eigenvalue weighted by atomic mass is 10.1. The number of halogens is 4. The van der Waals surface area contributed by atoms with Crippen molar-refractivity contribution in [3.63, 3.8) is 0 Å². The maximum atomic E-state index is 6.14. The molecule has 1 atom stereocenters. The topological polar surface area (TPSA) is 28.2 Å². The predicted molar refractivity (Wildman–Crippen MR) is 86.1 cm³/mol. The van der Waals surface area contributed by atoms with Crippen LogP contribution in [-0.2, 0) is 0 Å². The molecule has 108 valence electrons. The second-order valence-electron chi connectivity index (χ2n) is 3.98. The molecule has 2 rings (SSSR count). The third kappa shape index (κ3) is 4.78. The van der Waals surface area contributed by atoms with Gasteiger partial charge in [0, 0.05) is 31.7 Å². The largest absolute Gasteiger partial charge is 0.314 e. The summed E-state index contributed by atoms with van der Waals surface area (Å²) in [5.41, 5.74) is 0.966. The van der Waals surface area contributed by atoms with E-state index in [0.717, 1.165) is 31.7 Å². The number of hydrogen-bond donors (Lipinski definition) is 1. The molecule has 1 fully saturated rings. The van der Waals surface area contributed by atoms with Crippen LogP contribution in [0.1, 0.15) is 11.6 Å². The van der Waals surface area contributed by atoms with E-state index in [1.165, 1.54) is 0 Å². The molecular formula is C12H17Cl4N3. The lowest BCUT2D eigenvalue weighted by Gasteiger charge is -2.33. The first kappa shape index (κ1) is 19.0. The van der Waals surface area contributed by atoms with E-state index >= 15 is 0 Å². The van der Waals surface area contributed by atoms with E-state index in [1.807, 2.05) is 12.1 Å². The van der Waals surface area contributed by atoms with Crippen molar-refractivity contribution in [1.29, 1.82) is 0 Å². The second-order valence-corrected chi connectivity index (χ2v) is 4.73. The molecule has 0 amide bonds. The van der Waals surface area contributed by atoms with Crippen LogP contribution >= 0.6 is 48.0 Å². The standard InChI is InChI=1S/C12H15Cl2N3.2ClH/c1-2-10(17-7-5-15-6-8-17)9-3-4-11(13)16-12(9)14;;/h2-4,10,15H,1,5-8H2;2*1H/t10-;;/m0../s1. The van der Waals surface area contributed by atoms with Crippen LogP contribution in [-0.4, -0.2) is 36.1 Å². The first-order valence-corrected chi connectivity index (χ1v) is 6.37. The molecule has 2 heterocycles. The summed E-state index contributed by atoms with van der Waals surface area (Å²) in [6.45, 7) is 7.84. The van der Waals surface area contributed by atoms with Crippen LogP contribution in [0, 0.1) is 0 Å². The molecule has 1 aliphatic heterocycles. The Morgan fingerprint density at radius 3 is 2.42 bits per heavy atom. The minimum absolute atomic E-state index is 0. The average Bonchev–Trinajstić information content (AvgIpc) is 2.34. The lowest BCUT2D eigenvalue weighted by molar-refractivity contribution is 0.203. The number of nitrogens with one attached hydrogen (secondary N) is 1. The molecule has 19 heavy (non-hydrogen) atoms. The molecule has 0 bridgehead atoms. The van der Waals surface area contributed by atoms with Gasteiger partial charge in [-0.05, 0) is 6.07 Å². The van der Waals surface area contributed by atoms with Gasteiger partial charge in [-0.3, -0.25) is 4.90 Å². The zero-order valence-corrected chi connectivity index (χ0v) is 13.5. The summed E-state index contributed by atoms with van der Waals surface area (Å²) in [5, 5.41) is 4.20. The van der Waals surface area contributed by atoms with Crippen molar-refractivity contribution in [3.05, 3.63) is 40.7 Å². The van der Waals surface area contributed by atoms with E-state index in [1.54, 1.807) is 6.07 Å². The highest BCUT2D eigenvalue weighted by atomic mass is 35.5. The van der Waals surface area contributed by atoms with Gasteiger partial charge in [-0.2, -0.15) is 0 Å². The Labute approximate surface area is 136 Å². The Bertz CT molecular complexity index is 408. The van der Waals surface area contributed by atoms with Gasteiger partial charge < -0.3 is 5.32 Å². The van der Waals surface area contributed by atoms with Crippen molar-refractivity contribution < 1.29 is 0 Å². The van der Waals surface area contributed by atoms with Gasteiger partial charge in [0.05, 0.1) is 6.04 Å². The van der Waals surface area contributed by atoms with Gasteiger partial charge in [0.1, 0.15) is 10.3 Å². The first-order valence-electron chi connectivity index (χ1n) is 5.61. The van der Waals surface area contributed by atoms with Crippen LogP contribution in [0.25, 0.3) is 0 Å². The molecule has 0 radical (unpaired) electrons. The maximum Gasteiger partial charge on any atom is 0.135 e. The highest BCUT2D eigenvalue weighted by Crippen LogP contribution is 2.28. The van der Waals surface area contributed by atoms with E-state index < -0.39 is 0 Å². The molecule has 1 N–H and O–H groups in total. The van der Waals surface area contributed by atoms with E-state index in [0.29, 0.717) is 10.3 Å². The fourth-order valence-electron chi connectivity index (χ4n) is 2.08. The summed E-state index contributed by atoms with van der Waals surface area (Å²) in [6, 6.07) is 3.79. The van der Waals surface area contributed by atoms with Crippen LogP contribution < -0.4 is 5.32 Å². The molecule has 1 aromatic heterocycles. The number of piperazine rings is 1. The Morgan fingerprint density at radius 2 is 1.89 bits per heavy atom. The summed E-state index contributed by atoms with van der Waals surface area (Å²) < 4.78 is 0. The quantitative estimate of drug-likeness (QED) is 0.673. The number of rotatable bonds is 3. The fraction of sp³-hybridized carbons (Fsp3) is 0.417. The summed E-state index contributed by atoms with van der Waals surface area (Å²) in [7, 11) is 0. The molecule has 0 aromatic carbocycles. The fourth-order valence-corrected chi connectivity index (χ4v) is 2.53. The Kier molecular flexibility index (Phi) is 8.99. The number of aromatic nitrogens is 1. The SMILES string of the molecule is C=C[C@@H](c1ccc(Cl)nc1Cl)N1CCNCC1.Cl.Cl. The molecule has 1 aliphatic rings. The third-order valence-electron chi connectivity index (χ3n) is 2.93. The van der Waals surface area contributed by atoms with Crippen molar-refractivity contribution in [2.45, 2.75) is 6.04 Å². The monoisotopic (exact) mass is 343 g/mol. The van der Waals surface area contributed by atoms with Crippen LogP contribution in [0.2, 0.25) is 10.3 Å². The van der Waals surface area contributed by atoms with Crippen molar-refractivity contribution in [3.8, 4) is 0 Å². The second kappa shape index (κ2) is 9.01.